The van der Waals surface area contributed by atoms with E-state index in [0.717, 1.165) is 11.4 Å². The second-order valence-electron chi connectivity index (χ2n) is 5.83. The van der Waals surface area contributed by atoms with Crippen molar-refractivity contribution >= 4 is 28.0 Å². The number of hydrogen-bond donors (Lipinski definition) is 2. The molecule has 0 amide bonds. The fraction of sp³-hybridized carbons (Fsp3) is 0.222. The van der Waals surface area contributed by atoms with E-state index in [-0.39, 0.29) is 11.6 Å². The molecule has 0 saturated carbocycles. The van der Waals surface area contributed by atoms with Gasteiger partial charge in [-0.3, -0.25) is 4.98 Å². The van der Waals surface area contributed by atoms with E-state index in [1.54, 1.807) is 20.1 Å². The van der Waals surface area contributed by atoms with Gasteiger partial charge in [0.2, 0.25) is 0 Å². The number of nitrogens with two attached hydrogens (primary N) is 1. The highest BCUT2D eigenvalue weighted by atomic mass is 32.1. The van der Waals surface area contributed by atoms with Crippen molar-refractivity contribution < 1.29 is 22.6 Å². The summed E-state index contributed by atoms with van der Waals surface area (Å²) in [6.07, 6.45) is -3.15. The fourth-order valence-electron chi connectivity index (χ4n) is 2.35. The minimum atomic E-state index is -4.41. The number of rotatable bonds is 6. The van der Waals surface area contributed by atoms with E-state index in [0.29, 0.717) is 21.3 Å². The first-order chi connectivity index (χ1) is 13.2. The van der Waals surface area contributed by atoms with E-state index >= 15 is 0 Å². The van der Waals surface area contributed by atoms with E-state index in [1.165, 1.54) is 17.5 Å². The minimum absolute atomic E-state index is 0.0701. The molecule has 0 aliphatic rings. The lowest BCUT2D eigenvalue weighted by atomic mass is 10.2. The zero-order valence-corrected chi connectivity index (χ0v) is 15.8. The Morgan fingerprint density at radius 1 is 1.21 bits per heavy atom. The molecule has 3 N–H and O–H groups in total. The highest BCUT2D eigenvalue weighted by Gasteiger charge is 2.28. The Bertz CT molecular complexity index is 958. The SMILES string of the molecule is COc1ccc(Nc2nc(N)c(-c3cc(C)c(OCC(F)(F)F)cn3)s2)cc1. The summed E-state index contributed by atoms with van der Waals surface area (Å²) in [6, 6.07) is 8.92. The number of thiazole rings is 1. The number of methoxy groups -OCH3 is 1. The van der Waals surface area contributed by atoms with Crippen LogP contribution in [0.25, 0.3) is 10.6 Å². The number of alkyl halides is 3. The van der Waals surface area contributed by atoms with E-state index in [2.05, 4.69) is 15.3 Å². The molecule has 0 atom stereocenters. The maximum atomic E-state index is 12.3. The van der Waals surface area contributed by atoms with Crippen LogP contribution < -0.4 is 20.5 Å². The van der Waals surface area contributed by atoms with Gasteiger partial charge in [-0.25, -0.2) is 4.98 Å². The first-order valence-electron chi connectivity index (χ1n) is 8.09. The minimum Gasteiger partial charge on any atom is -0.497 e. The molecule has 2 aromatic heterocycles. The van der Waals surface area contributed by atoms with Crippen molar-refractivity contribution in [3.63, 3.8) is 0 Å². The second kappa shape index (κ2) is 7.93. The summed E-state index contributed by atoms with van der Waals surface area (Å²) in [4.78, 5) is 9.06. The van der Waals surface area contributed by atoms with Crippen LogP contribution in [0.3, 0.4) is 0 Å². The molecule has 0 unspecified atom stereocenters. The van der Waals surface area contributed by atoms with Crippen LogP contribution in [0.1, 0.15) is 5.56 Å². The average molecular weight is 410 g/mol. The molecule has 6 nitrogen and oxygen atoms in total. The van der Waals surface area contributed by atoms with Gasteiger partial charge in [0.25, 0.3) is 0 Å². The van der Waals surface area contributed by atoms with Crippen LogP contribution in [-0.2, 0) is 0 Å². The van der Waals surface area contributed by atoms with Crippen molar-refractivity contribution in [1.29, 1.82) is 0 Å². The van der Waals surface area contributed by atoms with Crippen molar-refractivity contribution in [2.45, 2.75) is 13.1 Å². The molecule has 28 heavy (non-hydrogen) atoms. The smallest absolute Gasteiger partial charge is 0.422 e. The van der Waals surface area contributed by atoms with E-state index in [4.69, 9.17) is 15.2 Å². The summed E-state index contributed by atoms with van der Waals surface area (Å²) >= 11 is 1.29. The van der Waals surface area contributed by atoms with Crippen LogP contribution in [0.5, 0.6) is 11.5 Å². The summed E-state index contributed by atoms with van der Waals surface area (Å²) in [5.41, 5.74) is 7.83. The quantitative estimate of drug-likeness (QED) is 0.608. The highest BCUT2D eigenvalue weighted by molar-refractivity contribution is 7.19. The van der Waals surface area contributed by atoms with Crippen molar-refractivity contribution in [2.75, 3.05) is 24.8 Å². The maximum Gasteiger partial charge on any atom is 0.422 e. The van der Waals surface area contributed by atoms with Gasteiger partial charge in [0, 0.05) is 5.69 Å². The molecule has 0 aliphatic heterocycles. The van der Waals surface area contributed by atoms with Gasteiger partial charge in [0.1, 0.15) is 17.3 Å². The number of ether oxygens (including phenoxy) is 2. The summed E-state index contributed by atoms with van der Waals surface area (Å²) in [5.74, 6) is 1.08. The van der Waals surface area contributed by atoms with Gasteiger partial charge in [0.15, 0.2) is 11.7 Å². The molecule has 3 aromatic rings. The van der Waals surface area contributed by atoms with Crippen LogP contribution in [0.15, 0.2) is 36.5 Å². The Kier molecular flexibility index (Phi) is 5.59. The van der Waals surface area contributed by atoms with Crippen molar-refractivity contribution in [1.82, 2.24) is 9.97 Å². The number of halogens is 3. The van der Waals surface area contributed by atoms with E-state index < -0.39 is 12.8 Å². The highest BCUT2D eigenvalue weighted by Crippen LogP contribution is 2.36. The first kappa shape index (κ1) is 19.7. The number of aromatic nitrogens is 2. The number of anilines is 3. The van der Waals surface area contributed by atoms with E-state index in [9.17, 15) is 13.2 Å². The topological polar surface area (TPSA) is 82.3 Å². The molecule has 3 rings (SSSR count). The van der Waals surface area contributed by atoms with Crippen molar-refractivity contribution in [2.24, 2.45) is 0 Å². The van der Waals surface area contributed by atoms with Gasteiger partial charge < -0.3 is 20.5 Å². The molecule has 0 aliphatic carbocycles. The summed E-state index contributed by atoms with van der Waals surface area (Å²) in [7, 11) is 1.59. The molecule has 0 radical (unpaired) electrons. The van der Waals surface area contributed by atoms with Crippen LogP contribution in [0.4, 0.5) is 29.8 Å². The lowest BCUT2D eigenvalue weighted by molar-refractivity contribution is -0.153. The average Bonchev–Trinajstić information content (AvgIpc) is 3.00. The van der Waals surface area contributed by atoms with Gasteiger partial charge in [0.05, 0.1) is 23.9 Å². The normalized spacial score (nSPS) is 11.3. The second-order valence-corrected chi connectivity index (χ2v) is 6.82. The number of benzene rings is 1. The molecule has 148 valence electrons. The largest absolute Gasteiger partial charge is 0.497 e. The van der Waals surface area contributed by atoms with Crippen LogP contribution in [0.2, 0.25) is 0 Å². The first-order valence-corrected chi connectivity index (χ1v) is 8.91. The zero-order chi connectivity index (χ0) is 20.3. The Morgan fingerprint density at radius 3 is 2.54 bits per heavy atom. The Labute approximate surface area is 163 Å². The lowest BCUT2D eigenvalue weighted by Crippen LogP contribution is -2.19. The Balaban J connectivity index is 1.77. The van der Waals surface area contributed by atoms with Crippen molar-refractivity contribution in [3.05, 3.63) is 42.1 Å². The molecule has 10 heteroatoms. The van der Waals surface area contributed by atoms with Crippen LogP contribution >= 0.6 is 11.3 Å². The summed E-state index contributed by atoms with van der Waals surface area (Å²) < 4.78 is 46.8. The van der Waals surface area contributed by atoms with Gasteiger partial charge >= 0.3 is 6.18 Å². The van der Waals surface area contributed by atoms with Gasteiger partial charge in [-0.05, 0) is 42.8 Å². The monoisotopic (exact) mass is 410 g/mol. The maximum absolute atomic E-state index is 12.3. The molecular weight excluding hydrogens is 393 g/mol. The van der Waals surface area contributed by atoms with E-state index in [1.807, 2.05) is 24.3 Å². The predicted octanol–water partition coefficient (Wildman–Crippen LogP) is 4.79. The standard InChI is InChI=1S/C18H17F3N4O2S/c1-10-7-13(23-8-14(10)27-9-18(19,20)21)15-16(22)25-17(28-15)24-11-3-5-12(26-2)6-4-11/h3-8H,9,22H2,1-2H3,(H,24,25). The molecule has 1 aromatic carbocycles. The van der Waals surface area contributed by atoms with Crippen LogP contribution in [-0.4, -0.2) is 29.9 Å². The third kappa shape index (κ3) is 4.83. The number of nitrogens with one attached hydrogen (secondary N) is 1. The molecule has 0 bridgehead atoms. The summed E-state index contributed by atoms with van der Waals surface area (Å²) in [6.45, 7) is 0.276. The number of hydrogen-bond acceptors (Lipinski definition) is 7. The zero-order valence-electron chi connectivity index (χ0n) is 15.0. The third-order valence-corrected chi connectivity index (χ3v) is 4.69. The Hall–Kier alpha value is -3.01. The molecule has 0 saturated heterocycles. The molecule has 0 spiro atoms. The number of nitrogen functional groups attached to an aromatic ring is 1. The summed E-state index contributed by atoms with van der Waals surface area (Å²) in [5, 5.41) is 3.71. The van der Waals surface area contributed by atoms with Gasteiger partial charge in [-0.1, -0.05) is 11.3 Å². The van der Waals surface area contributed by atoms with Gasteiger partial charge in [-0.15, -0.1) is 0 Å². The fourth-order valence-corrected chi connectivity index (χ4v) is 3.22. The number of pyridine rings is 1. The third-order valence-electron chi connectivity index (χ3n) is 3.68. The molecule has 2 heterocycles. The number of nitrogens with zero attached hydrogens (tertiary/aromatic N) is 2. The number of aryl methyl sites for hydroxylation is 1. The predicted molar refractivity (Wildman–Crippen MR) is 102 cm³/mol. The molecule has 0 fully saturated rings. The lowest BCUT2D eigenvalue weighted by Gasteiger charge is -2.11. The van der Waals surface area contributed by atoms with Gasteiger partial charge in [-0.2, -0.15) is 13.2 Å². The van der Waals surface area contributed by atoms with Crippen molar-refractivity contribution in [3.8, 4) is 22.1 Å². The molecular formula is C18H17F3N4O2S. The van der Waals surface area contributed by atoms with Crippen LogP contribution in [0, 0.1) is 6.92 Å². The Morgan fingerprint density at radius 2 is 1.93 bits per heavy atom.